The van der Waals surface area contributed by atoms with Crippen LogP contribution in [0.5, 0.6) is 0 Å². The van der Waals surface area contributed by atoms with Gasteiger partial charge in [-0.25, -0.2) is 4.79 Å². The predicted molar refractivity (Wildman–Crippen MR) is 403 cm³/mol. The molecule has 46 heteroatoms. The number of nitrogens with one attached hydrogen (secondary N) is 14. The van der Waals surface area contributed by atoms with Crippen LogP contribution in [0.1, 0.15) is 144 Å². The third-order valence-electron chi connectivity index (χ3n) is 17.4. The van der Waals surface area contributed by atoms with E-state index in [1.54, 1.807) is 7.05 Å². The van der Waals surface area contributed by atoms with Gasteiger partial charge in [-0.1, -0.05) is 0 Å². The van der Waals surface area contributed by atoms with E-state index >= 15 is 0 Å². The van der Waals surface area contributed by atoms with Gasteiger partial charge in [-0.05, 0) is 164 Å². The van der Waals surface area contributed by atoms with Crippen LogP contribution in [0.25, 0.3) is 0 Å². The average Bonchev–Trinajstić information content (AvgIpc) is 1.59. The van der Waals surface area contributed by atoms with E-state index < -0.39 is 224 Å². The molecule has 16 unspecified atom stereocenters. The molecule has 112 heavy (non-hydrogen) atoms. The lowest BCUT2D eigenvalue weighted by atomic mass is 10.0. The lowest BCUT2D eigenvalue weighted by Crippen LogP contribution is -2.62. The number of amides is 15. The van der Waals surface area contributed by atoms with Gasteiger partial charge in [0, 0.05) is 26.1 Å². The highest BCUT2D eigenvalue weighted by Crippen LogP contribution is 2.20. The first-order valence-corrected chi connectivity index (χ1v) is 37.0. The normalized spacial score (nSPS) is 16.4. The number of carbonyl (C=O) groups excluding carboxylic acids is 15. The van der Waals surface area contributed by atoms with Crippen molar-refractivity contribution in [1.82, 2.24) is 79.3 Å². The van der Waals surface area contributed by atoms with Crippen molar-refractivity contribution in [3.05, 3.63) is 0 Å². The Labute approximate surface area is 648 Å². The minimum absolute atomic E-state index is 0.00963. The molecule has 1 aliphatic heterocycles. The van der Waals surface area contributed by atoms with Gasteiger partial charge < -0.3 is 151 Å². The molecule has 0 spiro atoms. The van der Waals surface area contributed by atoms with Gasteiger partial charge in [0.1, 0.15) is 78.5 Å². The summed E-state index contributed by atoms with van der Waals surface area (Å²) in [5, 5.41) is 85.2. The number of primary amides is 1. The van der Waals surface area contributed by atoms with E-state index in [0.29, 0.717) is 45.1 Å². The molecule has 0 aromatic carbocycles. The Balaban J connectivity index is 3.27. The zero-order valence-corrected chi connectivity index (χ0v) is 64.4. The second-order valence-electron chi connectivity index (χ2n) is 26.9. The summed E-state index contributed by atoms with van der Waals surface area (Å²) in [5.74, 6) is -16.5. The number of aliphatic hydroxyl groups excluding tert-OH is 4. The maximum Gasteiger partial charge on any atom is 0.326 e. The van der Waals surface area contributed by atoms with Crippen molar-refractivity contribution in [1.29, 1.82) is 0 Å². The van der Waals surface area contributed by atoms with E-state index in [0.717, 1.165) is 13.8 Å². The van der Waals surface area contributed by atoms with Gasteiger partial charge in [0.2, 0.25) is 88.6 Å². The Morgan fingerprint density at radius 2 is 0.866 bits per heavy atom. The van der Waals surface area contributed by atoms with Crippen molar-refractivity contribution in [2.24, 2.45) is 55.9 Å². The molecule has 0 saturated carbocycles. The lowest BCUT2D eigenvalue weighted by Gasteiger charge is -2.29. The molecule has 15 amide bonds. The average molecular weight is 1600 g/mol. The Hall–Kier alpha value is -10.3. The molecule has 0 bridgehead atoms. The van der Waals surface area contributed by atoms with Crippen LogP contribution in [-0.4, -0.2) is 300 Å². The number of unbranched alkanes of at least 4 members (excludes halogenated alkanes) is 3. The fourth-order valence-corrected chi connectivity index (χ4v) is 11.0. The standard InChI is InChI=1S/C66H121N25O21/c1-33(80-62(109)51(37(5)95)90-57(104)42(22-23-46(69)96)85-54(101)40(17-8-11-25-68)86-60(107)49(70)35(3)93)52(99)83-41(19-13-27-76-65(71)72)55(102)84-39(18-9-12-26-75-6)56(103)88-44(32-92)58(105)89-50(36(4)94)61(108)79-30-47(97)78-31-48(98)82-38(16-7-10-24-67)53(100)81-34(2)63(110)91-29-15-21-45(91)59(106)87-43(64(111)112)20-14-28-77-66(73)74/h33-45,49-51,75,92-95H,7-32,67-68,70H2,1-6H3,(H2,69,96)(H,78,97)(H,79,108)(H,80,109)(H,81,100)(H,82,98)(H,83,99)(H,84,102)(H,85,101)(H,86,107)(H,87,106)(H,88,103)(H,89,105)(H,90,104)(H,111,112)(H4,71,72,76)(H4,73,74,77). The molecular weight excluding hydrogens is 1480 g/mol. The number of hydrogen-bond acceptors (Lipinski definition) is 26. The van der Waals surface area contributed by atoms with Crippen molar-refractivity contribution in [2.75, 3.05) is 66.0 Å². The van der Waals surface area contributed by atoms with Crippen LogP contribution >= 0.6 is 0 Å². The summed E-state index contributed by atoms with van der Waals surface area (Å²) in [6, 6.07) is -19.6. The van der Waals surface area contributed by atoms with Crippen molar-refractivity contribution in [3.8, 4) is 0 Å². The number of likely N-dealkylation sites (tertiary alicyclic amines) is 1. The highest BCUT2D eigenvalue weighted by atomic mass is 16.4. The van der Waals surface area contributed by atoms with E-state index in [1.165, 1.54) is 25.7 Å². The molecule has 1 saturated heterocycles. The Kier molecular flexibility index (Phi) is 47.7. The largest absolute Gasteiger partial charge is 0.480 e. The topological polar surface area (TPSA) is 779 Å². The zero-order valence-electron chi connectivity index (χ0n) is 64.4. The smallest absolute Gasteiger partial charge is 0.326 e. The fourth-order valence-electron chi connectivity index (χ4n) is 11.0. The predicted octanol–water partition coefficient (Wildman–Crippen LogP) is -12.9. The number of nitrogens with two attached hydrogens (primary N) is 8. The van der Waals surface area contributed by atoms with Crippen molar-refractivity contribution in [3.63, 3.8) is 0 Å². The van der Waals surface area contributed by atoms with Gasteiger partial charge >= 0.3 is 5.97 Å². The second-order valence-corrected chi connectivity index (χ2v) is 26.9. The molecule has 35 N–H and O–H groups in total. The Morgan fingerprint density at radius 1 is 0.446 bits per heavy atom. The van der Waals surface area contributed by atoms with E-state index in [2.05, 4.69) is 84.4 Å². The van der Waals surface area contributed by atoms with Gasteiger partial charge in [0.15, 0.2) is 11.9 Å². The summed E-state index contributed by atoms with van der Waals surface area (Å²) in [4.78, 5) is 223. The number of aliphatic imine (C=N–C) groups is 2. The maximum atomic E-state index is 14.3. The summed E-state index contributed by atoms with van der Waals surface area (Å²) in [6.45, 7) is 4.21. The van der Waals surface area contributed by atoms with Crippen molar-refractivity contribution in [2.45, 2.75) is 241 Å². The molecule has 0 radical (unpaired) electrons. The summed E-state index contributed by atoms with van der Waals surface area (Å²) >= 11 is 0. The van der Waals surface area contributed by atoms with E-state index in [4.69, 9.17) is 45.9 Å². The number of rotatable bonds is 56. The highest BCUT2D eigenvalue weighted by molar-refractivity contribution is 6.00. The Bertz CT molecular complexity index is 3180. The van der Waals surface area contributed by atoms with Crippen LogP contribution in [0.2, 0.25) is 0 Å². The third-order valence-corrected chi connectivity index (χ3v) is 17.4. The number of carboxylic acid groups (broad SMARTS) is 1. The SMILES string of the molecule is CNCCCCC(NC(=O)C(CCCN=C(N)N)NC(=O)C(C)NC(=O)C(NC(=O)C(CCC(N)=O)NC(=O)C(CCCCN)NC(=O)C(N)C(C)O)C(C)O)C(=O)NC(CO)C(=O)NC(C(=O)NCC(=O)NCC(=O)NC(CCCCN)C(=O)NC(C)C(=O)N1CCCC1C(=O)NC(CCCN=C(N)N)C(=O)O)C(C)O. The van der Waals surface area contributed by atoms with Gasteiger partial charge in [-0.2, -0.15) is 0 Å². The van der Waals surface area contributed by atoms with Crippen molar-refractivity contribution >= 4 is 106 Å². The van der Waals surface area contributed by atoms with Gasteiger partial charge in [0.25, 0.3) is 0 Å². The lowest BCUT2D eigenvalue weighted by molar-refractivity contribution is -0.145. The third kappa shape index (κ3) is 38.6. The van der Waals surface area contributed by atoms with Gasteiger partial charge in [-0.3, -0.25) is 81.9 Å². The number of aliphatic carboxylic acids is 1. The van der Waals surface area contributed by atoms with Crippen LogP contribution in [0.3, 0.4) is 0 Å². The van der Waals surface area contributed by atoms with E-state index in [9.17, 15) is 102 Å². The van der Waals surface area contributed by atoms with Crippen molar-refractivity contribution < 1.29 is 102 Å². The molecule has 16 atom stereocenters. The summed E-state index contributed by atoms with van der Waals surface area (Å²) in [7, 11) is 1.65. The molecule has 0 aromatic rings. The van der Waals surface area contributed by atoms with Gasteiger partial charge in [-0.15, -0.1) is 0 Å². The fraction of sp³-hybridized carbons (Fsp3) is 0.727. The molecule has 636 valence electrons. The van der Waals surface area contributed by atoms with E-state index in [1.807, 2.05) is 0 Å². The molecular formula is C66H121N25O21. The van der Waals surface area contributed by atoms with Crippen LogP contribution in [0.4, 0.5) is 0 Å². The molecule has 1 heterocycles. The molecule has 1 rings (SSSR count). The molecule has 1 aliphatic rings. The minimum atomic E-state index is -1.89. The number of aliphatic hydroxyl groups is 4. The van der Waals surface area contributed by atoms with Crippen LogP contribution < -0.4 is 120 Å². The first-order chi connectivity index (χ1) is 52.7. The number of guanidine groups is 2. The molecule has 0 aliphatic carbocycles. The summed E-state index contributed by atoms with van der Waals surface area (Å²) in [6.07, 6.45) is -3.10. The number of carboxylic acids is 1. The minimum Gasteiger partial charge on any atom is -0.480 e. The maximum absolute atomic E-state index is 14.3. The molecule has 46 nitrogen and oxygen atoms in total. The highest BCUT2D eigenvalue weighted by Gasteiger charge is 2.40. The second kappa shape index (κ2) is 53.6. The number of carbonyl (C=O) groups is 16. The number of nitrogens with zero attached hydrogens (tertiary/aromatic N) is 3. The summed E-state index contributed by atoms with van der Waals surface area (Å²) < 4.78 is 0. The zero-order chi connectivity index (χ0) is 84.9. The van der Waals surface area contributed by atoms with Crippen LogP contribution in [0, 0.1) is 0 Å². The monoisotopic (exact) mass is 1600 g/mol. The molecule has 0 aromatic heterocycles. The first-order valence-electron chi connectivity index (χ1n) is 37.0. The van der Waals surface area contributed by atoms with Crippen LogP contribution in [-0.2, 0) is 76.7 Å². The molecule has 1 fully saturated rings. The number of hydrogen-bond donors (Lipinski definition) is 27. The quantitative estimate of drug-likeness (QED) is 0.0153. The van der Waals surface area contributed by atoms with E-state index in [-0.39, 0.29) is 102 Å². The first kappa shape index (κ1) is 99.7. The summed E-state index contributed by atoms with van der Waals surface area (Å²) in [5.41, 5.74) is 44.1. The Morgan fingerprint density at radius 3 is 1.34 bits per heavy atom. The van der Waals surface area contributed by atoms with Gasteiger partial charge in [0.05, 0.1) is 38.0 Å². The van der Waals surface area contributed by atoms with Crippen LogP contribution in [0.15, 0.2) is 9.98 Å².